The topological polar surface area (TPSA) is 45.4 Å². The first-order valence-corrected chi connectivity index (χ1v) is 6.10. The van der Waals surface area contributed by atoms with Crippen molar-refractivity contribution in [3.8, 4) is 11.6 Å². The molecule has 1 aromatic carbocycles. The first kappa shape index (κ1) is 15.0. The molecule has 0 aliphatic heterocycles. The SMILES string of the molecule is [O-][n+]1ccccc1OCCc1ccc(OC(F)(F)F)cc1. The molecular weight excluding hydrogens is 287 g/mol. The zero-order chi connectivity index (χ0) is 15.3. The zero-order valence-electron chi connectivity index (χ0n) is 10.8. The van der Waals surface area contributed by atoms with Gasteiger partial charge in [-0.25, -0.2) is 0 Å². The summed E-state index contributed by atoms with van der Waals surface area (Å²) in [6, 6.07) is 10.3. The van der Waals surface area contributed by atoms with E-state index in [1.807, 2.05) is 0 Å². The number of alkyl halides is 3. The normalized spacial score (nSPS) is 11.2. The maximum Gasteiger partial charge on any atom is 0.573 e. The Morgan fingerprint density at radius 2 is 1.76 bits per heavy atom. The van der Waals surface area contributed by atoms with E-state index in [0.717, 1.165) is 5.56 Å². The molecule has 0 fully saturated rings. The van der Waals surface area contributed by atoms with Crippen LogP contribution >= 0.6 is 0 Å². The van der Waals surface area contributed by atoms with Gasteiger partial charge >= 0.3 is 12.2 Å². The molecule has 0 saturated heterocycles. The van der Waals surface area contributed by atoms with E-state index in [9.17, 15) is 18.4 Å². The van der Waals surface area contributed by atoms with Crippen molar-refractivity contribution < 1.29 is 27.4 Å². The highest BCUT2D eigenvalue weighted by molar-refractivity contribution is 5.27. The Hall–Kier alpha value is -2.44. The molecule has 0 N–H and O–H groups in total. The van der Waals surface area contributed by atoms with E-state index in [2.05, 4.69) is 4.74 Å². The smallest absolute Gasteiger partial charge is 0.573 e. The van der Waals surface area contributed by atoms with Crippen molar-refractivity contribution in [2.45, 2.75) is 12.8 Å². The Bertz CT molecular complexity index is 585. The van der Waals surface area contributed by atoms with Crippen LogP contribution in [0.4, 0.5) is 13.2 Å². The van der Waals surface area contributed by atoms with Gasteiger partial charge < -0.3 is 14.7 Å². The summed E-state index contributed by atoms with van der Waals surface area (Å²) >= 11 is 0. The lowest BCUT2D eigenvalue weighted by Gasteiger charge is -2.09. The van der Waals surface area contributed by atoms with Gasteiger partial charge in [0.1, 0.15) is 5.75 Å². The maximum absolute atomic E-state index is 12.0. The molecule has 2 rings (SSSR count). The highest BCUT2D eigenvalue weighted by Gasteiger charge is 2.30. The Labute approximate surface area is 118 Å². The van der Waals surface area contributed by atoms with Gasteiger partial charge in [-0.15, -0.1) is 17.9 Å². The average molecular weight is 299 g/mol. The minimum Gasteiger partial charge on any atom is -0.616 e. The molecule has 1 heterocycles. The number of nitrogens with zero attached hydrogens (tertiary/aromatic N) is 1. The number of halogens is 3. The number of ether oxygens (including phenoxy) is 2. The fourth-order valence-electron chi connectivity index (χ4n) is 1.66. The number of hydrogen-bond acceptors (Lipinski definition) is 3. The van der Waals surface area contributed by atoms with Crippen molar-refractivity contribution in [3.63, 3.8) is 0 Å². The molecule has 0 spiro atoms. The summed E-state index contributed by atoms with van der Waals surface area (Å²) in [6.07, 6.45) is -2.92. The molecule has 0 radical (unpaired) electrons. The molecule has 1 aromatic heterocycles. The summed E-state index contributed by atoms with van der Waals surface area (Å²) in [7, 11) is 0. The van der Waals surface area contributed by atoms with Gasteiger partial charge in [0.05, 0.1) is 12.7 Å². The largest absolute Gasteiger partial charge is 0.616 e. The lowest BCUT2D eigenvalue weighted by molar-refractivity contribution is -0.612. The van der Waals surface area contributed by atoms with Crippen molar-refractivity contribution in [1.82, 2.24) is 0 Å². The van der Waals surface area contributed by atoms with Gasteiger partial charge in [0.15, 0.2) is 6.20 Å². The molecule has 4 nitrogen and oxygen atoms in total. The van der Waals surface area contributed by atoms with Crippen molar-refractivity contribution >= 4 is 0 Å². The first-order chi connectivity index (χ1) is 9.94. The Morgan fingerprint density at radius 1 is 1.05 bits per heavy atom. The second kappa shape index (κ2) is 6.34. The first-order valence-electron chi connectivity index (χ1n) is 6.10. The van der Waals surface area contributed by atoms with E-state index in [1.54, 1.807) is 12.1 Å². The summed E-state index contributed by atoms with van der Waals surface area (Å²) in [6.45, 7) is 0.242. The van der Waals surface area contributed by atoms with Crippen LogP contribution in [0.15, 0.2) is 48.7 Å². The zero-order valence-corrected chi connectivity index (χ0v) is 10.8. The Morgan fingerprint density at radius 3 is 2.38 bits per heavy atom. The number of pyridine rings is 1. The highest BCUT2D eigenvalue weighted by atomic mass is 19.4. The second-order valence-electron chi connectivity index (χ2n) is 4.15. The van der Waals surface area contributed by atoms with E-state index in [4.69, 9.17) is 4.74 Å². The minimum atomic E-state index is -4.69. The van der Waals surface area contributed by atoms with Crippen LogP contribution in [-0.4, -0.2) is 13.0 Å². The monoisotopic (exact) mass is 299 g/mol. The van der Waals surface area contributed by atoms with Gasteiger partial charge in [-0.1, -0.05) is 12.1 Å². The van der Waals surface area contributed by atoms with Gasteiger partial charge in [0.2, 0.25) is 0 Å². The van der Waals surface area contributed by atoms with E-state index in [-0.39, 0.29) is 18.2 Å². The van der Waals surface area contributed by atoms with Crippen LogP contribution in [0.3, 0.4) is 0 Å². The third kappa shape index (κ3) is 4.87. The molecule has 0 aliphatic carbocycles. The molecule has 0 unspecified atom stereocenters. The molecule has 7 heteroatoms. The van der Waals surface area contributed by atoms with Gasteiger partial charge in [0.25, 0.3) is 0 Å². The van der Waals surface area contributed by atoms with Crippen LogP contribution in [0.1, 0.15) is 5.56 Å². The molecule has 112 valence electrons. The number of rotatable bonds is 5. The average Bonchev–Trinajstić information content (AvgIpc) is 2.41. The fourth-order valence-corrected chi connectivity index (χ4v) is 1.66. The molecule has 0 saturated carbocycles. The Balaban J connectivity index is 1.85. The van der Waals surface area contributed by atoms with Gasteiger partial charge in [0, 0.05) is 12.5 Å². The molecule has 0 bridgehead atoms. The third-order valence-electron chi connectivity index (χ3n) is 2.59. The molecule has 0 aliphatic rings. The quantitative estimate of drug-likeness (QED) is 0.630. The summed E-state index contributed by atoms with van der Waals surface area (Å²) in [5, 5.41) is 11.3. The molecule has 0 atom stereocenters. The van der Waals surface area contributed by atoms with Crippen molar-refractivity contribution in [3.05, 3.63) is 59.4 Å². The number of hydrogen-bond donors (Lipinski definition) is 0. The van der Waals surface area contributed by atoms with E-state index in [0.29, 0.717) is 11.2 Å². The van der Waals surface area contributed by atoms with Crippen molar-refractivity contribution in [1.29, 1.82) is 0 Å². The van der Waals surface area contributed by atoms with Gasteiger partial charge in [-0.2, -0.15) is 0 Å². The predicted molar refractivity (Wildman–Crippen MR) is 67.7 cm³/mol. The minimum absolute atomic E-state index is 0.175. The number of aromatic nitrogens is 1. The van der Waals surface area contributed by atoms with Crippen LogP contribution < -0.4 is 14.2 Å². The van der Waals surface area contributed by atoms with E-state index in [1.165, 1.54) is 36.5 Å². The standard InChI is InChI=1S/C14H12F3NO3/c15-14(16,17)21-12-6-4-11(5-7-12)8-10-20-13-3-1-2-9-18(13)19/h1-7,9H,8,10H2. The van der Waals surface area contributed by atoms with Crippen LogP contribution in [0.25, 0.3) is 0 Å². The molecular formula is C14H12F3NO3. The third-order valence-corrected chi connectivity index (χ3v) is 2.59. The van der Waals surface area contributed by atoms with Crippen LogP contribution in [0.2, 0.25) is 0 Å². The highest BCUT2D eigenvalue weighted by Crippen LogP contribution is 2.22. The number of benzene rings is 1. The summed E-state index contributed by atoms with van der Waals surface area (Å²) in [4.78, 5) is 0. The fraction of sp³-hybridized carbons (Fsp3) is 0.214. The van der Waals surface area contributed by atoms with Crippen molar-refractivity contribution in [2.75, 3.05) is 6.61 Å². The lowest BCUT2D eigenvalue weighted by Crippen LogP contribution is -2.28. The predicted octanol–water partition coefficient (Wildman–Crippen LogP) is 2.84. The molecule has 21 heavy (non-hydrogen) atoms. The van der Waals surface area contributed by atoms with Crippen LogP contribution in [-0.2, 0) is 6.42 Å². The molecule has 2 aromatic rings. The maximum atomic E-state index is 12.0. The van der Waals surface area contributed by atoms with Gasteiger partial charge in [-0.3, -0.25) is 0 Å². The van der Waals surface area contributed by atoms with E-state index < -0.39 is 6.36 Å². The second-order valence-corrected chi connectivity index (χ2v) is 4.15. The summed E-state index contributed by atoms with van der Waals surface area (Å²) < 4.78 is 45.6. The van der Waals surface area contributed by atoms with E-state index >= 15 is 0 Å². The lowest BCUT2D eigenvalue weighted by atomic mass is 10.1. The Kier molecular flexibility index (Phi) is 4.52. The van der Waals surface area contributed by atoms with Crippen LogP contribution in [0.5, 0.6) is 11.6 Å². The van der Waals surface area contributed by atoms with Crippen LogP contribution in [0, 0.1) is 5.21 Å². The van der Waals surface area contributed by atoms with Gasteiger partial charge in [-0.05, 0) is 23.8 Å². The molecule has 0 amide bonds. The van der Waals surface area contributed by atoms with Crippen molar-refractivity contribution in [2.24, 2.45) is 0 Å². The summed E-state index contributed by atoms with van der Waals surface area (Å²) in [5.74, 6) is -0.0952. The summed E-state index contributed by atoms with van der Waals surface area (Å²) in [5.41, 5.74) is 0.776.